The van der Waals surface area contributed by atoms with Crippen molar-refractivity contribution < 1.29 is 22.7 Å². The summed E-state index contributed by atoms with van der Waals surface area (Å²) in [5.74, 6) is -1.37. The number of rotatable bonds is 9. The van der Waals surface area contributed by atoms with Crippen LogP contribution in [0.25, 0.3) is 0 Å². The number of esters is 1. The Labute approximate surface area is 192 Å². The van der Waals surface area contributed by atoms with E-state index in [1.54, 1.807) is 45.0 Å². The molecule has 0 heterocycles. The van der Waals surface area contributed by atoms with E-state index in [0.29, 0.717) is 16.3 Å². The summed E-state index contributed by atoms with van der Waals surface area (Å²) in [6.45, 7) is 4.52. The number of carbonyl (C=O) groups is 2. The normalized spacial score (nSPS) is 11.1. The molecule has 170 valence electrons. The number of aryl methyl sites for hydroxylation is 1. The fourth-order valence-electron chi connectivity index (χ4n) is 2.85. The van der Waals surface area contributed by atoms with Crippen molar-refractivity contribution in [1.29, 1.82) is 5.26 Å². The second-order valence-electron chi connectivity index (χ2n) is 7.26. The van der Waals surface area contributed by atoms with Crippen LogP contribution >= 0.6 is 11.6 Å². The maximum atomic E-state index is 12.7. The first-order chi connectivity index (χ1) is 15.0. The smallest absolute Gasteiger partial charge is 0.338 e. The van der Waals surface area contributed by atoms with E-state index in [1.165, 1.54) is 23.1 Å². The number of hydrogen-bond acceptors (Lipinski definition) is 6. The van der Waals surface area contributed by atoms with Crippen molar-refractivity contribution >= 4 is 39.2 Å². The molecule has 0 unspecified atom stereocenters. The molecule has 0 atom stereocenters. The van der Waals surface area contributed by atoms with Gasteiger partial charge in [-0.05, 0) is 56.7 Å². The second kappa shape index (κ2) is 11.1. The van der Waals surface area contributed by atoms with Crippen LogP contribution in [-0.4, -0.2) is 39.5 Å². The quantitative estimate of drug-likeness (QED) is 0.553. The Morgan fingerprint density at radius 3 is 2.56 bits per heavy atom. The number of amides is 1. The number of nitrogens with zero attached hydrogens (tertiary/aromatic N) is 2. The second-order valence-corrected chi connectivity index (χ2v) is 9.41. The van der Waals surface area contributed by atoms with Gasteiger partial charge in [-0.2, -0.15) is 5.26 Å². The van der Waals surface area contributed by atoms with E-state index < -0.39 is 28.5 Å². The van der Waals surface area contributed by atoms with E-state index >= 15 is 0 Å². The van der Waals surface area contributed by atoms with Crippen molar-refractivity contribution in [1.82, 2.24) is 4.72 Å². The van der Waals surface area contributed by atoms with Gasteiger partial charge in [0.25, 0.3) is 5.91 Å². The van der Waals surface area contributed by atoms with E-state index in [-0.39, 0.29) is 29.5 Å². The van der Waals surface area contributed by atoms with Crippen molar-refractivity contribution in [2.24, 2.45) is 0 Å². The van der Waals surface area contributed by atoms with Crippen molar-refractivity contribution in [3.05, 3.63) is 58.6 Å². The lowest BCUT2D eigenvalue weighted by Gasteiger charge is -2.22. The first-order valence-corrected chi connectivity index (χ1v) is 11.6. The van der Waals surface area contributed by atoms with Crippen LogP contribution in [0.4, 0.5) is 5.69 Å². The molecule has 2 aromatic rings. The van der Waals surface area contributed by atoms with Crippen molar-refractivity contribution in [2.45, 2.75) is 38.1 Å². The average Bonchev–Trinajstić information content (AvgIpc) is 2.71. The molecule has 0 bridgehead atoms. The van der Waals surface area contributed by atoms with Gasteiger partial charge in [0, 0.05) is 23.3 Å². The fraction of sp³-hybridized carbons (Fsp3) is 0.318. The number of benzene rings is 2. The first kappa shape index (κ1) is 25.3. The van der Waals surface area contributed by atoms with Gasteiger partial charge in [0.1, 0.15) is 0 Å². The van der Waals surface area contributed by atoms with Crippen LogP contribution in [0.15, 0.2) is 47.4 Å². The van der Waals surface area contributed by atoms with Crippen LogP contribution in [0.3, 0.4) is 0 Å². The van der Waals surface area contributed by atoms with Crippen LogP contribution in [0.1, 0.15) is 36.2 Å². The molecule has 0 fully saturated rings. The van der Waals surface area contributed by atoms with E-state index in [4.69, 9.17) is 21.6 Å². The molecule has 10 heteroatoms. The van der Waals surface area contributed by atoms with Gasteiger partial charge in [0.05, 0.1) is 22.9 Å². The molecule has 1 N–H and O–H groups in total. The number of carbonyl (C=O) groups excluding carboxylic acids is 2. The molecular formula is C22H24ClN3O5S. The molecule has 32 heavy (non-hydrogen) atoms. The van der Waals surface area contributed by atoms with E-state index in [0.717, 1.165) is 0 Å². The molecule has 2 aromatic carbocycles. The topological polar surface area (TPSA) is 117 Å². The molecule has 2 rings (SSSR count). The van der Waals surface area contributed by atoms with Crippen molar-refractivity contribution in [3.63, 3.8) is 0 Å². The Bertz CT molecular complexity index is 1140. The summed E-state index contributed by atoms with van der Waals surface area (Å²) < 4.78 is 32.4. The molecule has 0 saturated carbocycles. The zero-order valence-corrected chi connectivity index (χ0v) is 19.5. The average molecular weight is 478 g/mol. The molecule has 0 aliphatic carbocycles. The van der Waals surface area contributed by atoms with Gasteiger partial charge < -0.3 is 9.64 Å². The maximum Gasteiger partial charge on any atom is 0.338 e. The van der Waals surface area contributed by atoms with Crippen LogP contribution in [0, 0.1) is 18.3 Å². The van der Waals surface area contributed by atoms with Gasteiger partial charge in [0.2, 0.25) is 10.0 Å². The number of nitriles is 1. The maximum absolute atomic E-state index is 12.7. The highest BCUT2D eigenvalue weighted by Crippen LogP contribution is 2.21. The highest BCUT2D eigenvalue weighted by molar-refractivity contribution is 7.89. The highest BCUT2D eigenvalue weighted by Gasteiger charge is 2.22. The highest BCUT2D eigenvalue weighted by atomic mass is 35.5. The predicted octanol–water partition coefficient (Wildman–Crippen LogP) is 3.44. The number of nitrogens with one attached hydrogen (secondary N) is 1. The third-order valence-electron chi connectivity index (χ3n) is 4.32. The Balaban J connectivity index is 2.19. The Morgan fingerprint density at radius 2 is 1.94 bits per heavy atom. The third-order valence-corrected chi connectivity index (χ3v) is 6.22. The molecule has 0 aromatic heterocycles. The molecular weight excluding hydrogens is 454 g/mol. The standard InChI is InChI=1S/C22H24ClN3O5S/c1-15(2)25-32(29,30)19-9-8-16(3)20(13-19)22(28)31-14-21(27)26(11-5-10-24)18-7-4-6-17(23)12-18/h4,6-9,12-13,15,25H,5,11,14H2,1-3H3. The van der Waals surface area contributed by atoms with Crippen LogP contribution in [-0.2, 0) is 19.6 Å². The summed E-state index contributed by atoms with van der Waals surface area (Å²) in [4.78, 5) is 26.6. The number of sulfonamides is 1. The van der Waals surface area contributed by atoms with Crippen LogP contribution in [0.2, 0.25) is 5.02 Å². The zero-order valence-electron chi connectivity index (χ0n) is 18.0. The number of hydrogen-bond donors (Lipinski definition) is 1. The molecule has 0 spiro atoms. The SMILES string of the molecule is Cc1ccc(S(=O)(=O)NC(C)C)cc1C(=O)OCC(=O)N(CCC#N)c1cccc(Cl)c1. The van der Waals surface area contributed by atoms with Gasteiger partial charge in [-0.1, -0.05) is 23.7 Å². The summed E-state index contributed by atoms with van der Waals surface area (Å²) in [6, 6.07) is 12.3. The Kier molecular flexibility index (Phi) is 8.78. The molecule has 8 nitrogen and oxygen atoms in total. The predicted molar refractivity (Wildman–Crippen MR) is 121 cm³/mol. The van der Waals surface area contributed by atoms with Crippen molar-refractivity contribution in [3.8, 4) is 6.07 Å². The summed E-state index contributed by atoms with van der Waals surface area (Å²) in [5, 5.41) is 9.30. The van der Waals surface area contributed by atoms with Crippen molar-refractivity contribution in [2.75, 3.05) is 18.1 Å². The number of anilines is 1. The summed E-state index contributed by atoms with van der Waals surface area (Å²) in [5.41, 5.74) is 1.01. The Hall–Kier alpha value is -2.93. The Morgan fingerprint density at radius 1 is 1.22 bits per heavy atom. The van der Waals surface area contributed by atoms with E-state index in [9.17, 15) is 18.0 Å². The minimum atomic E-state index is -3.80. The van der Waals surface area contributed by atoms with Gasteiger partial charge in [-0.25, -0.2) is 17.9 Å². The van der Waals surface area contributed by atoms with Gasteiger partial charge in [-0.3, -0.25) is 4.79 Å². The summed E-state index contributed by atoms with van der Waals surface area (Å²) in [7, 11) is -3.80. The van der Waals surface area contributed by atoms with E-state index in [2.05, 4.69) is 4.72 Å². The molecule has 0 saturated heterocycles. The summed E-state index contributed by atoms with van der Waals surface area (Å²) >= 11 is 5.99. The van der Waals surface area contributed by atoms with Gasteiger partial charge in [-0.15, -0.1) is 0 Å². The molecule has 0 aliphatic heterocycles. The van der Waals surface area contributed by atoms with Gasteiger partial charge >= 0.3 is 5.97 Å². The summed E-state index contributed by atoms with van der Waals surface area (Å²) in [6.07, 6.45) is 0.0774. The zero-order chi connectivity index (χ0) is 23.9. The first-order valence-electron chi connectivity index (χ1n) is 9.78. The molecule has 1 amide bonds. The minimum absolute atomic E-state index is 0.0377. The van der Waals surface area contributed by atoms with Crippen LogP contribution in [0.5, 0.6) is 0 Å². The van der Waals surface area contributed by atoms with Crippen LogP contribution < -0.4 is 9.62 Å². The molecule has 0 radical (unpaired) electrons. The fourth-order valence-corrected chi connectivity index (χ4v) is 4.31. The third kappa shape index (κ3) is 6.79. The monoisotopic (exact) mass is 477 g/mol. The van der Waals surface area contributed by atoms with Gasteiger partial charge in [0.15, 0.2) is 6.61 Å². The number of ether oxygens (including phenoxy) is 1. The lowest BCUT2D eigenvalue weighted by atomic mass is 10.1. The largest absolute Gasteiger partial charge is 0.452 e. The lowest BCUT2D eigenvalue weighted by molar-refractivity contribution is -0.121. The molecule has 0 aliphatic rings. The number of halogens is 1. The minimum Gasteiger partial charge on any atom is -0.452 e. The lowest BCUT2D eigenvalue weighted by Crippen LogP contribution is -2.35. The van der Waals surface area contributed by atoms with E-state index in [1.807, 2.05) is 6.07 Å².